The number of benzene rings is 1. The summed E-state index contributed by atoms with van der Waals surface area (Å²) in [6.07, 6.45) is 5.11. The van der Waals surface area contributed by atoms with Crippen LogP contribution in [0, 0.1) is 29.1 Å². The maximum absolute atomic E-state index is 12.7. The molecule has 0 radical (unpaired) electrons. The molecule has 0 bridgehead atoms. The van der Waals surface area contributed by atoms with Crippen LogP contribution in [-0.2, 0) is 11.3 Å². The first-order valence-electron chi connectivity index (χ1n) is 9.19. The summed E-state index contributed by atoms with van der Waals surface area (Å²) in [5.41, 5.74) is 1.75. The van der Waals surface area contributed by atoms with E-state index in [0.29, 0.717) is 18.2 Å². The van der Waals surface area contributed by atoms with Gasteiger partial charge in [-0.1, -0.05) is 12.1 Å². The summed E-state index contributed by atoms with van der Waals surface area (Å²) in [5, 5.41) is 12.5. The highest BCUT2D eigenvalue weighted by molar-refractivity contribution is 5.84. The zero-order valence-corrected chi connectivity index (χ0v) is 14.2. The van der Waals surface area contributed by atoms with E-state index in [9.17, 15) is 4.79 Å². The van der Waals surface area contributed by atoms with Crippen LogP contribution < -0.4 is 5.32 Å². The Labute approximate surface area is 143 Å². The van der Waals surface area contributed by atoms with E-state index >= 15 is 0 Å². The molecule has 126 valence electrons. The summed E-state index contributed by atoms with van der Waals surface area (Å²) < 4.78 is 0. The molecule has 24 heavy (non-hydrogen) atoms. The fourth-order valence-electron chi connectivity index (χ4n) is 4.27. The third kappa shape index (κ3) is 3.18. The number of carbonyl (C=O) groups is 1. The molecular weight excluding hydrogens is 298 g/mol. The number of hydrogen-bond acceptors (Lipinski definition) is 3. The third-order valence-corrected chi connectivity index (χ3v) is 5.98. The quantitative estimate of drug-likeness (QED) is 0.876. The van der Waals surface area contributed by atoms with Gasteiger partial charge in [0.1, 0.15) is 0 Å². The minimum atomic E-state index is -0.0150. The average Bonchev–Trinajstić information content (AvgIpc) is 3.48. The second-order valence-electron chi connectivity index (χ2n) is 7.77. The smallest absolute Gasteiger partial charge is 0.240 e. The van der Waals surface area contributed by atoms with Gasteiger partial charge in [-0.05, 0) is 68.1 Å². The van der Waals surface area contributed by atoms with Crippen molar-refractivity contribution in [3.63, 3.8) is 0 Å². The van der Waals surface area contributed by atoms with Crippen molar-refractivity contribution in [1.29, 1.82) is 5.26 Å². The van der Waals surface area contributed by atoms with Crippen molar-refractivity contribution in [2.45, 2.75) is 51.2 Å². The molecule has 4 atom stereocenters. The molecule has 2 unspecified atom stereocenters. The van der Waals surface area contributed by atoms with Crippen LogP contribution in [0.4, 0.5) is 0 Å². The van der Waals surface area contributed by atoms with E-state index in [1.807, 2.05) is 29.2 Å². The van der Waals surface area contributed by atoms with Gasteiger partial charge in [-0.2, -0.15) is 5.26 Å². The fourth-order valence-corrected chi connectivity index (χ4v) is 4.27. The number of rotatable bonds is 6. The van der Waals surface area contributed by atoms with Crippen LogP contribution >= 0.6 is 0 Å². The van der Waals surface area contributed by atoms with Crippen molar-refractivity contribution < 1.29 is 4.79 Å². The van der Waals surface area contributed by atoms with Gasteiger partial charge in [0, 0.05) is 19.1 Å². The van der Waals surface area contributed by atoms with E-state index in [1.54, 1.807) is 0 Å². The van der Waals surface area contributed by atoms with Crippen LogP contribution in [0.1, 0.15) is 43.7 Å². The van der Waals surface area contributed by atoms with Crippen LogP contribution in [-0.4, -0.2) is 29.4 Å². The minimum absolute atomic E-state index is 0.0150. The van der Waals surface area contributed by atoms with Crippen molar-refractivity contribution in [2.24, 2.45) is 17.8 Å². The van der Waals surface area contributed by atoms with Gasteiger partial charge in [-0.15, -0.1) is 0 Å². The summed E-state index contributed by atoms with van der Waals surface area (Å²) in [6, 6.07) is 10.1. The second-order valence-corrected chi connectivity index (χ2v) is 7.77. The first kappa shape index (κ1) is 15.7. The number of nitrogens with one attached hydrogen (secondary N) is 1. The number of carbonyl (C=O) groups excluding carboxylic acids is 1. The van der Waals surface area contributed by atoms with Gasteiger partial charge in [0.25, 0.3) is 0 Å². The van der Waals surface area contributed by atoms with Gasteiger partial charge in [-0.3, -0.25) is 4.79 Å². The molecule has 0 spiro atoms. The molecule has 4 heteroatoms. The van der Waals surface area contributed by atoms with Crippen molar-refractivity contribution in [1.82, 2.24) is 10.2 Å². The maximum Gasteiger partial charge on any atom is 0.240 e. The summed E-state index contributed by atoms with van der Waals surface area (Å²) in [4.78, 5) is 14.6. The molecule has 1 heterocycles. The molecule has 1 aliphatic heterocycles. The zero-order chi connectivity index (χ0) is 16.7. The summed E-state index contributed by atoms with van der Waals surface area (Å²) in [7, 11) is 0. The minimum Gasteiger partial charge on any atom is -0.337 e. The average molecular weight is 323 g/mol. The Hall–Kier alpha value is -1.86. The first-order chi connectivity index (χ1) is 11.7. The fraction of sp³-hybridized carbons (Fsp3) is 0.600. The molecule has 3 fully saturated rings. The predicted octanol–water partition coefficient (Wildman–Crippen LogP) is 2.68. The molecular formula is C20H25N3O. The van der Waals surface area contributed by atoms with Gasteiger partial charge in [0.2, 0.25) is 5.91 Å². The van der Waals surface area contributed by atoms with Crippen molar-refractivity contribution in [2.75, 3.05) is 6.54 Å². The number of nitriles is 1. The van der Waals surface area contributed by atoms with E-state index in [2.05, 4.69) is 18.3 Å². The molecule has 1 N–H and O–H groups in total. The Bertz CT molecular complexity index is 658. The van der Waals surface area contributed by atoms with Crippen molar-refractivity contribution >= 4 is 5.91 Å². The lowest BCUT2D eigenvalue weighted by Crippen LogP contribution is -2.43. The Kier molecular flexibility index (Phi) is 4.05. The van der Waals surface area contributed by atoms with Crippen molar-refractivity contribution in [3.8, 4) is 6.07 Å². The first-order valence-corrected chi connectivity index (χ1v) is 9.19. The number of likely N-dealkylation sites (tertiary alicyclic amines) is 1. The Morgan fingerprint density at radius 3 is 2.71 bits per heavy atom. The van der Waals surface area contributed by atoms with Crippen LogP contribution in [0.15, 0.2) is 24.3 Å². The monoisotopic (exact) mass is 323 g/mol. The molecule has 1 saturated heterocycles. The van der Waals surface area contributed by atoms with E-state index in [-0.39, 0.29) is 11.9 Å². The second kappa shape index (κ2) is 6.22. The number of amides is 1. The van der Waals surface area contributed by atoms with Gasteiger partial charge in [0.05, 0.1) is 17.7 Å². The van der Waals surface area contributed by atoms with E-state index in [1.165, 1.54) is 19.3 Å². The normalized spacial score (nSPS) is 30.2. The van der Waals surface area contributed by atoms with E-state index in [4.69, 9.17) is 5.26 Å². The lowest BCUT2D eigenvalue weighted by molar-refractivity contribution is -0.130. The lowest BCUT2D eigenvalue weighted by atomic mass is 10.1. The van der Waals surface area contributed by atoms with E-state index < -0.39 is 0 Å². The Balaban J connectivity index is 1.30. The standard InChI is InChI=1S/C20H25N3O/c1-13(17-10-18(17)16-6-7-16)22-19-8-9-23(20(19)24)12-15-4-2-14(11-21)3-5-15/h2-5,13,16-19,22H,6-10,12H2,1H3/t13?,17-,18-,19?/m0/s1. The van der Waals surface area contributed by atoms with Gasteiger partial charge < -0.3 is 10.2 Å². The van der Waals surface area contributed by atoms with Gasteiger partial charge in [-0.25, -0.2) is 0 Å². The SMILES string of the molecule is CC(NC1CCN(Cc2ccc(C#N)cc2)C1=O)[C@@H]1C[C@H]1C1CC1. The molecule has 1 aromatic rings. The highest BCUT2D eigenvalue weighted by Gasteiger charge is 2.50. The van der Waals surface area contributed by atoms with Gasteiger partial charge in [0.15, 0.2) is 0 Å². The Morgan fingerprint density at radius 2 is 2.04 bits per heavy atom. The van der Waals surface area contributed by atoms with E-state index in [0.717, 1.165) is 36.3 Å². The molecule has 2 aliphatic carbocycles. The van der Waals surface area contributed by atoms with Crippen LogP contribution in [0.2, 0.25) is 0 Å². The number of nitrogens with zero attached hydrogens (tertiary/aromatic N) is 2. The van der Waals surface area contributed by atoms with Crippen LogP contribution in [0.3, 0.4) is 0 Å². The highest BCUT2D eigenvalue weighted by Crippen LogP contribution is 2.55. The molecule has 4 rings (SSSR count). The summed E-state index contributed by atoms with van der Waals surface area (Å²) in [6.45, 7) is 3.72. The number of hydrogen-bond donors (Lipinski definition) is 1. The molecule has 1 amide bonds. The summed E-state index contributed by atoms with van der Waals surface area (Å²) in [5.74, 6) is 2.94. The molecule has 3 aliphatic rings. The lowest BCUT2D eigenvalue weighted by Gasteiger charge is -2.20. The Morgan fingerprint density at radius 1 is 1.29 bits per heavy atom. The zero-order valence-electron chi connectivity index (χ0n) is 14.2. The van der Waals surface area contributed by atoms with Crippen LogP contribution in [0.5, 0.6) is 0 Å². The summed E-state index contributed by atoms with van der Waals surface area (Å²) >= 11 is 0. The topological polar surface area (TPSA) is 56.1 Å². The molecule has 4 nitrogen and oxygen atoms in total. The third-order valence-electron chi connectivity index (χ3n) is 5.98. The van der Waals surface area contributed by atoms with Gasteiger partial charge >= 0.3 is 0 Å². The highest BCUT2D eigenvalue weighted by atomic mass is 16.2. The molecule has 2 saturated carbocycles. The molecule has 0 aromatic heterocycles. The largest absolute Gasteiger partial charge is 0.337 e. The van der Waals surface area contributed by atoms with Crippen molar-refractivity contribution in [3.05, 3.63) is 35.4 Å². The predicted molar refractivity (Wildman–Crippen MR) is 91.9 cm³/mol. The molecule has 1 aromatic carbocycles. The van der Waals surface area contributed by atoms with Crippen LogP contribution in [0.25, 0.3) is 0 Å². The maximum atomic E-state index is 12.7.